The van der Waals surface area contributed by atoms with Crippen molar-refractivity contribution in [2.45, 2.75) is 57.6 Å². The van der Waals surface area contributed by atoms with Crippen LogP contribution in [0.2, 0.25) is 0 Å². The quantitative estimate of drug-likeness (QED) is 0.706. The highest BCUT2D eigenvalue weighted by molar-refractivity contribution is 5.72. The first-order valence-corrected chi connectivity index (χ1v) is 7.28. The second kappa shape index (κ2) is 6.53. The third-order valence-electron chi connectivity index (χ3n) is 4.08. The molecule has 0 saturated heterocycles. The highest BCUT2D eigenvalue weighted by Crippen LogP contribution is 2.32. The number of hydrogen-bond donors (Lipinski definition) is 2. The molecule has 4 heteroatoms. The number of rotatable bonds is 6. The van der Waals surface area contributed by atoms with Crippen LogP contribution in [-0.4, -0.2) is 36.4 Å². The molecule has 2 fully saturated rings. The van der Waals surface area contributed by atoms with Gasteiger partial charge < -0.3 is 15.2 Å². The Morgan fingerprint density at radius 2 is 2.17 bits per heavy atom. The van der Waals surface area contributed by atoms with E-state index in [2.05, 4.69) is 5.32 Å². The van der Waals surface area contributed by atoms with E-state index < -0.39 is 0 Å². The predicted molar refractivity (Wildman–Crippen MR) is 69.1 cm³/mol. The molecule has 0 aliphatic heterocycles. The molecule has 0 heterocycles. The number of hydrogen-bond acceptors (Lipinski definition) is 4. The lowest BCUT2D eigenvalue weighted by Crippen LogP contribution is -2.41. The number of esters is 1. The minimum absolute atomic E-state index is 0.0493. The lowest BCUT2D eigenvalue weighted by atomic mass is 9.85. The van der Waals surface area contributed by atoms with Crippen molar-refractivity contribution in [2.24, 2.45) is 11.8 Å². The monoisotopic (exact) mass is 255 g/mol. The van der Waals surface area contributed by atoms with Crippen molar-refractivity contribution in [2.75, 3.05) is 13.2 Å². The van der Waals surface area contributed by atoms with Crippen molar-refractivity contribution in [1.29, 1.82) is 0 Å². The summed E-state index contributed by atoms with van der Waals surface area (Å²) in [4.78, 5) is 11.7. The Bertz CT molecular complexity index is 278. The van der Waals surface area contributed by atoms with Gasteiger partial charge in [-0.3, -0.25) is 4.79 Å². The zero-order chi connectivity index (χ0) is 13.0. The molecule has 0 aromatic heterocycles. The molecule has 2 saturated carbocycles. The summed E-state index contributed by atoms with van der Waals surface area (Å²) in [5, 5.41) is 13.2. The van der Waals surface area contributed by atoms with Crippen molar-refractivity contribution < 1.29 is 14.6 Å². The van der Waals surface area contributed by atoms with E-state index in [1.54, 1.807) is 0 Å². The number of ether oxygens (including phenoxy) is 1. The van der Waals surface area contributed by atoms with Crippen molar-refractivity contribution in [3.63, 3.8) is 0 Å². The predicted octanol–water partition coefficient (Wildman–Crippen LogP) is 1.47. The van der Waals surface area contributed by atoms with Gasteiger partial charge in [-0.15, -0.1) is 0 Å². The Balaban J connectivity index is 1.70. The Morgan fingerprint density at radius 1 is 1.39 bits per heavy atom. The summed E-state index contributed by atoms with van der Waals surface area (Å²) in [6.07, 6.45) is 6.11. The molecule has 0 spiro atoms. The maximum Gasteiger partial charge on any atom is 0.308 e. The van der Waals surface area contributed by atoms with Gasteiger partial charge in [-0.1, -0.05) is 6.42 Å². The highest BCUT2D eigenvalue weighted by Gasteiger charge is 2.31. The van der Waals surface area contributed by atoms with Crippen LogP contribution in [0.15, 0.2) is 0 Å². The van der Waals surface area contributed by atoms with E-state index in [1.165, 1.54) is 12.8 Å². The van der Waals surface area contributed by atoms with Crippen molar-refractivity contribution in [1.82, 2.24) is 5.32 Å². The van der Waals surface area contributed by atoms with Crippen LogP contribution >= 0.6 is 0 Å². The Morgan fingerprint density at radius 3 is 2.83 bits per heavy atom. The molecule has 3 unspecified atom stereocenters. The van der Waals surface area contributed by atoms with Gasteiger partial charge >= 0.3 is 5.97 Å². The van der Waals surface area contributed by atoms with Gasteiger partial charge in [0.1, 0.15) is 0 Å². The maximum atomic E-state index is 11.7. The van der Waals surface area contributed by atoms with Crippen LogP contribution in [0.1, 0.15) is 45.4 Å². The number of carbonyl (C=O) groups excluding carboxylic acids is 1. The third-order valence-corrected chi connectivity index (χ3v) is 4.08. The van der Waals surface area contributed by atoms with Crippen LogP contribution in [0.5, 0.6) is 0 Å². The number of aliphatic hydroxyl groups excluding tert-OH is 1. The highest BCUT2D eigenvalue weighted by atomic mass is 16.5. The van der Waals surface area contributed by atoms with Crippen molar-refractivity contribution in [3.8, 4) is 0 Å². The van der Waals surface area contributed by atoms with Gasteiger partial charge in [0.15, 0.2) is 0 Å². The molecular formula is C14H25NO3. The van der Waals surface area contributed by atoms with E-state index in [-0.39, 0.29) is 18.0 Å². The van der Waals surface area contributed by atoms with Gasteiger partial charge in [-0.25, -0.2) is 0 Å². The smallest absolute Gasteiger partial charge is 0.308 e. The molecule has 0 radical (unpaired) electrons. The third kappa shape index (κ3) is 3.95. The zero-order valence-electron chi connectivity index (χ0n) is 11.2. The molecule has 2 aliphatic rings. The molecule has 104 valence electrons. The van der Waals surface area contributed by atoms with Crippen molar-refractivity contribution >= 4 is 5.97 Å². The average molecular weight is 255 g/mol. The fourth-order valence-corrected chi connectivity index (χ4v) is 2.78. The van der Waals surface area contributed by atoms with Crippen LogP contribution in [-0.2, 0) is 9.53 Å². The molecule has 4 nitrogen and oxygen atoms in total. The summed E-state index contributed by atoms with van der Waals surface area (Å²) in [7, 11) is 0. The summed E-state index contributed by atoms with van der Waals surface area (Å²) < 4.78 is 5.09. The summed E-state index contributed by atoms with van der Waals surface area (Å²) in [5.41, 5.74) is 0. The van der Waals surface area contributed by atoms with Gasteiger partial charge in [-0.05, 0) is 44.9 Å². The SMILES string of the molecule is CCOC(=O)C1CCCC(NCC(O)C2CC2)C1. The maximum absolute atomic E-state index is 11.7. The minimum Gasteiger partial charge on any atom is -0.466 e. The van der Waals surface area contributed by atoms with Gasteiger partial charge in [0.2, 0.25) is 0 Å². The number of nitrogens with one attached hydrogen (secondary N) is 1. The van der Waals surface area contributed by atoms with Crippen molar-refractivity contribution in [3.05, 3.63) is 0 Å². The minimum atomic E-state index is -0.201. The Hall–Kier alpha value is -0.610. The van der Waals surface area contributed by atoms with E-state index in [4.69, 9.17) is 4.74 Å². The molecule has 0 amide bonds. The van der Waals surface area contributed by atoms with E-state index in [0.29, 0.717) is 25.1 Å². The summed E-state index contributed by atoms with van der Waals surface area (Å²) in [6.45, 7) is 2.99. The molecule has 18 heavy (non-hydrogen) atoms. The Labute approximate surface area is 109 Å². The van der Waals surface area contributed by atoms with Crippen LogP contribution in [0.3, 0.4) is 0 Å². The average Bonchev–Trinajstić information content (AvgIpc) is 3.21. The van der Waals surface area contributed by atoms with Crippen LogP contribution in [0.25, 0.3) is 0 Å². The Kier molecular flexibility index (Phi) is 5.01. The topological polar surface area (TPSA) is 58.6 Å². The van der Waals surface area contributed by atoms with Crippen LogP contribution in [0, 0.1) is 11.8 Å². The molecule has 2 aliphatic carbocycles. The summed E-state index contributed by atoms with van der Waals surface area (Å²) in [6, 6.07) is 0.363. The zero-order valence-corrected chi connectivity index (χ0v) is 11.2. The standard InChI is InChI=1S/C14H25NO3/c1-2-18-14(17)11-4-3-5-12(8-11)15-9-13(16)10-6-7-10/h10-13,15-16H,2-9H2,1H3. The van der Waals surface area contributed by atoms with Crippen LogP contribution < -0.4 is 5.32 Å². The van der Waals surface area contributed by atoms with E-state index >= 15 is 0 Å². The fourth-order valence-electron chi connectivity index (χ4n) is 2.78. The van der Waals surface area contributed by atoms with E-state index in [0.717, 1.165) is 25.7 Å². The molecule has 2 rings (SSSR count). The van der Waals surface area contributed by atoms with Gasteiger partial charge in [-0.2, -0.15) is 0 Å². The van der Waals surface area contributed by atoms with Gasteiger partial charge in [0.25, 0.3) is 0 Å². The first-order valence-electron chi connectivity index (χ1n) is 7.28. The first kappa shape index (κ1) is 13.8. The molecule has 0 aromatic carbocycles. The normalized spacial score (nSPS) is 29.9. The van der Waals surface area contributed by atoms with Crippen LogP contribution in [0.4, 0.5) is 0 Å². The fraction of sp³-hybridized carbons (Fsp3) is 0.929. The number of carbonyl (C=O) groups is 1. The molecule has 3 atom stereocenters. The molecular weight excluding hydrogens is 230 g/mol. The van der Waals surface area contributed by atoms with E-state index in [1.807, 2.05) is 6.92 Å². The lowest BCUT2D eigenvalue weighted by molar-refractivity contribution is -0.149. The lowest BCUT2D eigenvalue weighted by Gasteiger charge is -2.29. The largest absolute Gasteiger partial charge is 0.466 e. The van der Waals surface area contributed by atoms with Gasteiger partial charge in [0.05, 0.1) is 18.6 Å². The summed E-state index contributed by atoms with van der Waals surface area (Å²) in [5.74, 6) is 0.517. The van der Waals surface area contributed by atoms with Gasteiger partial charge in [0, 0.05) is 12.6 Å². The second-order valence-corrected chi connectivity index (χ2v) is 5.63. The van der Waals surface area contributed by atoms with E-state index in [9.17, 15) is 9.90 Å². The summed E-state index contributed by atoms with van der Waals surface area (Å²) >= 11 is 0. The second-order valence-electron chi connectivity index (χ2n) is 5.63. The molecule has 2 N–H and O–H groups in total. The number of aliphatic hydroxyl groups is 1. The molecule has 0 aromatic rings. The first-order chi connectivity index (χ1) is 8.70. The molecule has 0 bridgehead atoms.